The summed E-state index contributed by atoms with van der Waals surface area (Å²) >= 11 is 0. The zero-order valence-electron chi connectivity index (χ0n) is 18.5. The Morgan fingerprint density at radius 1 is 1.09 bits per heavy atom. The van der Waals surface area contributed by atoms with Crippen LogP contribution in [-0.2, 0) is 14.6 Å². The third-order valence-electron chi connectivity index (χ3n) is 5.72. The molecule has 1 aliphatic heterocycles. The molecule has 0 bridgehead atoms. The van der Waals surface area contributed by atoms with Crippen LogP contribution in [0.4, 0.5) is 5.69 Å². The van der Waals surface area contributed by atoms with Crippen LogP contribution in [-0.4, -0.2) is 57.3 Å². The van der Waals surface area contributed by atoms with Crippen LogP contribution in [0.15, 0.2) is 36.4 Å². The number of carbonyl (C=O) groups is 3. The fourth-order valence-corrected chi connectivity index (χ4v) is 4.85. The molecule has 1 atom stereocenters. The predicted molar refractivity (Wildman–Crippen MR) is 120 cm³/mol. The van der Waals surface area contributed by atoms with E-state index in [4.69, 9.17) is 9.47 Å². The van der Waals surface area contributed by atoms with Gasteiger partial charge in [-0.3, -0.25) is 19.3 Å². The normalized spacial score (nSPS) is 16.4. The minimum Gasteiger partial charge on any atom is -0.493 e. The van der Waals surface area contributed by atoms with Crippen LogP contribution in [0, 0.1) is 5.92 Å². The maximum Gasteiger partial charge on any atom is 0.264 e. The Morgan fingerprint density at radius 3 is 2.39 bits per heavy atom. The maximum atomic E-state index is 13.5. The van der Waals surface area contributed by atoms with Crippen molar-refractivity contribution in [1.82, 2.24) is 4.90 Å². The van der Waals surface area contributed by atoms with Gasteiger partial charge in [0.05, 0.1) is 42.8 Å². The largest absolute Gasteiger partial charge is 0.493 e. The number of nitrogens with zero attached hydrogens (tertiary/aromatic N) is 1. The predicted octanol–water partition coefficient (Wildman–Crippen LogP) is 2.43. The highest BCUT2D eigenvalue weighted by Gasteiger charge is 2.44. The highest BCUT2D eigenvalue weighted by Crippen LogP contribution is 2.39. The third-order valence-corrected chi connectivity index (χ3v) is 6.64. The number of nitrogens with one attached hydrogen (secondary N) is 1. The number of hydrogen-bond donors (Lipinski definition) is 1. The number of imide groups is 1. The minimum absolute atomic E-state index is 0.0653. The van der Waals surface area contributed by atoms with E-state index in [0.29, 0.717) is 17.1 Å². The molecule has 1 aliphatic carbocycles. The number of methoxy groups -OCH3 is 2. The Bertz CT molecular complexity index is 1250. The number of benzene rings is 2. The fourth-order valence-electron chi connectivity index (χ4n) is 3.94. The van der Waals surface area contributed by atoms with Crippen LogP contribution in [0.3, 0.4) is 0 Å². The van der Waals surface area contributed by atoms with Crippen LogP contribution in [0.2, 0.25) is 0 Å². The molecule has 4 rings (SSSR count). The summed E-state index contributed by atoms with van der Waals surface area (Å²) in [6.45, 7) is 0. The van der Waals surface area contributed by atoms with Gasteiger partial charge in [-0.15, -0.1) is 0 Å². The highest BCUT2D eigenvalue weighted by molar-refractivity contribution is 7.90. The number of sulfone groups is 1. The molecule has 2 aromatic carbocycles. The topological polar surface area (TPSA) is 119 Å². The number of fused-ring (bicyclic) bond motifs is 1. The van der Waals surface area contributed by atoms with E-state index in [-0.39, 0.29) is 28.6 Å². The first-order valence-corrected chi connectivity index (χ1v) is 12.4. The van der Waals surface area contributed by atoms with Crippen LogP contribution in [0.5, 0.6) is 11.5 Å². The van der Waals surface area contributed by atoms with E-state index in [2.05, 4.69) is 5.32 Å². The summed E-state index contributed by atoms with van der Waals surface area (Å²) in [7, 11) is -0.698. The van der Waals surface area contributed by atoms with Gasteiger partial charge in [0.2, 0.25) is 5.91 Å². The van der Waals surface area contributed by atoms with Gasteiger partial charge in [-0.05, 0) is 42.7 Å². The summed E-state index contributed by atoms with van der Waals surface area (Å²) in [5.41, 5.74) is 0.829. The molecule has 33 heavy (non-hydrogen) atoms. The molecular weight excluding hydrogens is 448 g/mol. The molecule has 1 heterocycles. The summed E-state index contributed by atoms with van der Waals surface area (Å²) in [6.07, 6.45) is 2.62. The fraction of sp³-hybridized carbons (Fsp3) is 0.348. The molecule has 1 N–H and O–H groups in total. The lowest BCUT2D eigenvalue weighted by atomic mass is 10.1. The van der Waals surface area contributed by atoms with Crippen molar-refractivity contribution in [3.8, 4) is 11.5 Å². The SMILES string of the molecule is COc1ccc(C(CS(C)(=O)=O)N2C(=O)c3cccc(NC(=O)C4CC4)c3C2=O)cc1OC. The van der Waals surface area contributed by atoms with E-state index in [9.17, 15) is 22.8 Å². The van der Waals surface area contributed by atoms with Crippen molar-refractivity contribution in [2.75, 3.05) is 31.5 Å². The van der Waals surface area contributed by atoms with E-state index in [0.717, 1.165) is 24.0 Å². The van der Waals surface area contributed by atoms with E-state index in [1.54, 1.807) is 30.3 Å². The Kier molecular flexibility index (Phi) is 5.87. The number of rotatable bonds is 8. The second-order valence-electron chi connectivity index (χ2n) is 8.19. The van der Waals surface area contributed by atoms with Gasteiger partial charge in [0.1, 0.15) is 9.84 Å². The van der Waals surface area contributed by atoms with Gasteiger partial charge in [0, 0.05) is 12.2 Å². The molecule has 3 amide bonds. The van der Waals surface area contributed by atoms with Crippen molar-refractivity contribution >= 4 is 33.2 Å². The number of anilines is 1. The summed E-state index contributed by atoms with van der Waals surface area (Å²) < 4.78 is 35.1. The van der Waals surface area contributed by atoms with Crippen LogP contribution in [0.25, 0.3) is 0 Å². The number of carbonyl (C=O) groups excluding carboxylic acids is 3. The van der Waals surface area contributed by atoms with Gasteiger partial charge in [-0.1, -0.05) is 12.1 Å². The third kappa shape index (κ3) is 4.43. The highest BCUT2D eigenvalue weighted by atomic mass is 32.2. The van der Waals surface area contributed by atoms with E-state index in [1.807, 2.05) is 0 Å². The second-order valence-corrected chi connectivity index (χ2v) is 10.4. The van der Waals surface area contributed by atoms with Crippen LogP contribution in [0.1, 0.15) is 45.2 Å². The Hall–Kier alpha value is -3.40. The monoisotopic (exact) mass is 472 g/mol. The second kappa shape index (κ2) is 8.51. The zero-order valence-corrected chi connectivity index (χ0v) is 19.3. The van der Waals surface area contributed by atoms with Crippen molar-refractivity contribution in [1.29, 1.82) is 0 Å². The van der Waals surface area contributed by atoms with Crippen LogP contribution < -0.4 is 14.8 Å². The van der Waals surface area contributed by atoms with Gasteiger partial charge in [-0.2, -0.15) is 0 Å². The van der Waals surface area contributed by atoms with Gasteiger partial charge >= 0.3 is 0 Å². The average molecular weight is 473 g/mol. The number of amides is 3. The Labute approximate surface area is 191 Å². The van der Waals surface area contributed by atoms with Crippen molar-refractivity contribution < 1.29 is 32.3 Å². The first kappa shape index (κ1) is 22.8. The quantitative estimate of drug-likeness (QED) is 0.586. The van der Waals surface area contributed by atoms with E-state index >= 15 is 0 Å². The molecule has 0 aromatic heterocycles. The molecule has 174 valence electrons. The van der Waals surface area contributed by atoms with Gasteiger partial charge in [-0.25, -0.2) is 8.42 Å². The van der Waals surface area contributed by atoms with Gasteiger partial charge in [0.25, 0.3) is 11.8 Å². The van der Waals surface area contributed by atoms with Crippen molar-refractivity contribution in [2.24, 2.45) is 5.92 Å². The zero-order chi connectivity index (χ0) is 23.9. The lowest BCUT2D eigenvalue weighted by Crippen LogP contribution is -2.37. The Morgan fingerprint density at radius 2 is 1.79 bits per heavy atom. The van der Waals surface area contributed by atoms with E-state index in [1.165, 1.54) is 20.3 Å². The molecule has 10 heteroatoms. The molecule has 0 saturated heterocycles. The maximum absolute atomic E-state index is 13.5. The average Bonchev–Trinajstić information content (AvgIpc) is 3.59. The van der Waals surface area contributed by atoms with Crippen molar-refractivity contribution in [2.45, 2.75) is 18.9 Å². The molecule has 2 aliphatic rings. The molecule has 9 nitrogen and oxygen atoms in total. The van der Waals surface area contributed by atoms with Gasteiger partial charge < -0.3 is 14.8 Å². The first-order chi connectivity index (χ1) is 15.6. The van der Waals surface area contributed by atoms with E-state index < -0.39 is 33.4 Å². The summed E-state index contributed by atoms with van der Waals surface area (Å²) in [6, 6.07) is 8.27. The van der Waals surface area contributed by atoms with Gasteiger partial charge in [0.15, 0.2) is 11.5 Å². The standard InChI is InChI=1S/C23H24N2O7S/c1-31-18-10-9-14(11-19(18)32-2)17(12-33(3,29)30)25-22(27)15-5-4-6-16(20(15)23(25)28)24-21(26)13-7-8-13/h4-6,9-11,13,17H,7-8,12H2,1-3H3,(H,24,26). The lowest BCUT2D eigenvalue weighted by Gasteiger charge is -2.26. The molecule has 1 saturated carbocycles. The molecule has 0 spiro atoms. The molecule has 2 aromatic rings. The lowest BCUT2D eigenvalue weighted by molar-refractivity contribution is -0.117. The van der Waals surface area contributed by atoms with Crippen molar-refractivity contribution in [3.63, 3.8) is 0 Å². The minimum atomic E-state index is -3.60. The smallest absolute Gasteiger partial charge is 0.264 e. The Balaban J connectivity index is 1.77. The van der Waals surface area contributed by atoms with Crippen LogP contribution >= 0.6 is 0 Å². The van der Waals surface area contributed by atoms with Crippen molar-refractivity contribution in [3.05, 3.63) is 53.1 Å². The summed E-state index contributed by atoms with van der Waals surface area (Å²) in [5.74, 6) is -1.29. The summed E-state index contributed by atoms with van der Waals surface area (Å²) in [5, 5.41) is 2.74. The first-order valence-electron chi connectivity index (χ1n) is 10.4. The number of hydrogen-bond acceptors (Lipinski definition) is 7. The molecule has 0 radical (unpaired) electrons. The molecule has 1 unspecified atom stereocenters. The molecule has 1 fully saturated rings. The number of ether oxygens (including phenoxy) is 2. The summed E-state index contributed by atoms with van der Waals surface area (Å²) in [4.78, 5) is 40.0. The molecular formula is C23H24N2O7S.